The van der Waals surface area contributed by atoms with Crippen molar-refractivity contribution in [3.63, 3.8) is 0 Å². The number of hydrogen-bond acceptors (Lipinski definition) is 8. The minimum atomic E-state index is -0.982. The number of hydrogen-bond donors (Lipinski definition) is 3. The molecule has 13 heteroatoms. The molecule has 0 bridgehead atoms. The van der Waals surface area contributed by atoms with E-state index in [1.807, 2.05) is 58.0 Å². The molecule has 0 spiro atoms. The zero-order valence-corrected chi connectivity index (χ0v) is 30.2. The van der Waals surface area contributed by atoms with Crippen molar-refractivity contribution >= 4 is 35.4 Å². The summed E-state index contributed by atoms with van der Waals surface area (Å²) in [7, 11) is 0. The number of urea groups is 1. The zero-order chi connectivity index (χ0) is 36.2. The number of para-hydroxylation sites is 1. The minimum Gasteiger partial charge on any atom is -0.490 e. The highest BCUT2D eigenvalue weighted by Gasteiger charge is 2.37. The van der Waals surface area contributed by atoms with Crippen LogP contribution < -0.4 is 15.4 Å². The molecule has 0 aromatic heterocycles. The number of likely N-dealkylation sites (tertiary alicyclic amines) is 3. The van der Waals surface area contributed by atoms with Crippen LogP contribution in [0.25, 0.3) is 0 Å². The smallest absolute Gasteiger partial charge is 0.410 e. The molecule has 3 saturated heterocycles. The first kappa shape index (κ1) is 35.9. The number of nitrogens with zero attached hydrogens (tertiary/aromatic N) is 4. The topological polar surface area (TPSA) is 144 Å². The summed E-state index contributed by atoms with van der Waals surface area (Å²) < 4.78 is 12.1. The first-order valence-electron chi connectivity index (χ1n) is 19.1. The summed E-state index contributed by atoms with van der Waals surface area (Å²) in [5, 5.41) is 15.6. The van der Waals surface area contributed by atoms with Gasteiger partial charge in [0.15, 0.2) is 6.10 Å². The van der Waals surface area contributed by atoms with Crippen molar-refractivity contribution in [3.8, 4) is 5.75 Å². The van der Waals surface area contributed by atoms with Crippen LogP contribution in [0.1, 0.15) is 55.2 Å². The highest BCUT2D eigenvalue weighted by atomic mass is 16.6. The summed E-state index contributed by atoms with van der Waals surface area (Å²) >= 11 is 0. The van der Waals surface area contributed by atoms with Gasteiger partial charge in [-0.15, -0.1) is 0 Å². The second-order valence-corrected chi connectivity index (χ2v) is 15.1. The number of rotatable bonds is 8. The van der Waals surface area contributed by atoms with E-state index in [1.165, 1.54) is 0 Å². The maximum absolute atomic E-state index is 14.2. The van der Waals surface area contributed by atoms with Crippen molar-refractivity contribution in [3.05, 3.63) is 53.1 Å². The fourth-order valence-corrected chi connectivity index (χ4v) is 8.88. The van der Waals surface area contributed by atoms with Crippen LogP contribution >= 0.6 is 0 Å². The van der Waals surface area contributed by atoms with Gasteiger partial charge in [0.05, 0.1) is 12.2 Å². The Balaban J connectivity index is 0.981. The molecule has 3 N–H and O–H groups in total. The number of carboxylic acid groups (broad SMARTS) is 1. The predicted octanol–water partition coefficient (Wildman–Crippen LogP) is 4.44. The molecular weight excluding hydrogens is 664 g/mol. The molecule has 5 aliphatic rings. The van der Waals surface area contributed by atoms with E-state index in [2.05, 4.69) is 10.6 Å². The van der Waals surface area contributed by atoms with Gasteiger partial charge in [-0.2, -0.15) is 0 Å². The number of benzene rings is 2. The fraction of sp³-hybridized carbons (Fsp3) is 0.590. The van der Waals surface area contributed by atoms with Crippen molar-refractivity contribution in [2.24, 2.45) is 11.8 Å². The van der Waals surface area contributed by atoms with Crippen molar-refractivity contribution in [2.45, 2.75) is 70.4 Å². The Morgan fingerprint density at radius 3 is 2.35 bits per heavy atom. The second kappa shape index (κ2) is 16.0. The number of ether oxygens (including phenoxy) is 2. The highest BCUT2D eigenvalue weighted by Crippen LogP contribution is 2.35. The molecule has 1 atom stereocenters. The highest BCUT2D eigenvalue weighted by molar-refractivity contribution is 5.91. The van der Waals surface area contributed by atoms with Gasteiger partial charge in [-0.05, 0) is 106 Å². The van der Waals surface area contributed by atoms with Gasteiger partial charge in [-0.1, -0.05) is 24.3 Å². The lowest BCUT2D eigenvalue weighted by atomic mass is 9.78. The third-order valence-electron chi connectivity index (χ3n) is 11.8. The molecule has 280 valence electrons. The van der Waals surface area contributed by atoms with Crippen LogP contribution in [0, 0.1) is 18.8 Å². The Hall–Kier alpha value is -4.52. The SMILES string of the molecule is Cc1cc(C[C@@H](OC(=O)N2CCC(N3CCc4ccccc4NC3=O)CC2)C(=O)N2CCC(C3CCN(CC(=O)O)CC3)CC2)cc2c1NCCO2. The second-order valence-electron chi connectivity index (χ2n) is 15.1. The number of aryl methyl sites for hydroxylation is 1. The zero-order valence-electron chi connectivity index (χ0n) is 30.2. The lowest BCUT2D eigenvalue weighted by Crippen LogP contribution is -2.52. The number of carboxylic acids is 1. The number of nitrogens with one attached hydrogen (secondary N) is 2. The molecular formula is C39H52N6O7. The molecule has 2 aromatic carbocycles. The first-order chi connectivity index (χ1) is 25.2. The molecule has 7 rings (SSSR count). The van der Waals surface area contributed by atoms with Crippen LogP contribution in [0.15, 0.2) is 36.4 Å². The Labute approximate surface area is 305 Å². The summed E-state index contributed by atoms with van der Waals surface area (Å²) in [4.78, 5) is 59.7. The van der Waals surface area contributed by atoms with Crippen molar-refractivity contribution in [2.75, 3.05) is 76.1 Å². The van der Waals surface area contributed by atoms with E-state index in [9.17, 15) is 19.2 Å². The third-order valence-corrected chi connectivity index (χ3v) is 11.8. The largest absolute Gasteiger partial charge is 0.490 e. The molecule has 4 amide bonds. The maximum atomic E-state index is 14.2. The Morgan fingerprint density at radius 2 is 1.62 bits per heavy atom. The van der Waals surface area contributed by atoms with Gasteiger partial charge in [-0.25, -0.2) is 9.59 Å². The number of amides is 4. The van der Waals surface area contributed by atoms with Gasteiger partial charge >= 0.3 is 18.1 Å². The van der Waals surface area contributed by atoms with E-state index in [0.29, 0.717) is 64.0 Å². The van der Waals surface area contributed by atoms with Gasteiger partial charge in [0.25, 0.3) is 5.91 Å². The molecule has 0 unspecified atom stereocenters. The molecule has 52 heavy (non-hydrogen) atoms. The van der Waals surface area contributed by atoms with E-state index >= 15 is 0 Å². The number of piperidine rings is 3. The summed E-state index contributed by atoms with van der Waals surface area (Å²) in [5.74, 6) is 0.812. The Morgan fingerprint density at radius 1 is 0.923 bits per heavy atom. The van der Waals surface area contributed by atoms with Crippen molar-refractivity contribution in [1.82, 2.24) is 19.6 Å². The first-order valence-corrected chi connectivity index (χ1v) is 19.1. The van der Waals surface area contributed by atoms with Crippen LogP contribution in [0.4, 0.5) is 21.0 Å². The number of carbonyl (C=O) groups is 4. The molecule has 2 aromatic rings. The standard InChI is InChI=1S/C39H52N6O7/c1-26-22-27(23-33-36(26)40-13-21-51-33)24-34(37(48)43-16-8-29(9-17-43)28-6-14-42(15-7-28)25-35(46)47)52-39(50)44-18-11-31(12-19-44)45-20-10-30-4-2-3-5-32(30)41-38(45)49/h2-5,22-23,28-29,31,34,40H,6-21,24-25H2,1H3,(H,41,49)(H,46,47)/t34-/m1/s1. The molecule has 0 saturated carbocycles. The van der Waals surface area contributed by atoms with E-state index in [0.717, 1.165) is 85.6 Å². The van der Waals surface area contributed by atoms with Gasteiger partial charge in [0.1, 0.15) is 12.4 Å². The van der Waals surface area contributed by atoms with Gasteiger partial charge in [0, 0.05) is 57.4 Å². The van der Waals surface area contributed by atoms with Crippen molar-refractivity contribution in [1.29, 1.82) is 0 Å². The minimum absolute atomic E-state index is 0.00794. The normalized spacial score (nSPS) is 21.2. The predicted molar refractivity (Wildman–Crippen MR) is 196 cm³/mol. The molecule has 13 nitrogen and oxygen atoms in total. The average molecular weight is 717 g/mol. The van der Waals surface area contributed by atoms with Gasteiger partial charge < -0.3 is 39.9 Å². The lowest BCUT2D eigenvalue weighted by Gasteiger charge is -2.41. The number of anilines is 2. The van der Waals surface area contributed by atoms with Gasteiger partial charge in [-0.3, -0.25) is 14.5 Å². The number of aliphatic carboxylic acids is 1. The van der Waals surface area contributed by atoms with E-state index < -0.39 is 18.2 Å². The summed E-state index contributed by atoms with van der Waals surface area (Å²) in [6.45, 7) is 7.70. The van der Waals surface area contributed by atoms with Gasteiger partial charge in [0.2, 0.25) is 0 Å². The molecule has 0 radical (unpaired) electrons. The fourth-order valence-electron chi connectivity index (χ4n) is 8.88. The van der Waals surface area contributed by atoms with Crippen molar-refractivity contribution < 1.29 is 33.8 Å². The number of fused-ring (bicyclic) bond motifs is 2. The van der Waals surface area contributed by atoms with Crippen LogP contribution in [-0.4, -0.2) is 126 Å². The van der Waals surface area contributed by atoms with Crippen LogP contribution in [0.5, 0.6) is 5.75 Å². The summed E-state index contributed by atoms with van der Waals surface area (Å²) in [6.07, 6.45) is 4.53. The summed E-state index contributed by atoms with van der Waals surface area (Å²) in [6, 6.07) is 11.8. The molecule has 5 aliphatic heterocycles. The Kier molecular flexibility index (Phi) is 11.0. The maximum Gasteiger partial charge on any atom is 0.410 e. The van der Waals surface area contributed by atoms with Crippen LogP contribution in [-0.2, 0) is 27.2 Å². The van der Waals surface area contributed by atoms with E-state index in [-0.39, 0.29) is 30.9 Å². The van der Waals surface area contributed by atoms with Crippen LogP contribution in [0.2, 0.25) is 0 Å². The summed E-state index contributed by atoms with van der Waals surface area (Å²) in [5.41, 5.74) is 4.82. The molecule has 0 aliphatic carbocycles. The van der Waals surface area contributed by atoms with Crippen LogP contribution in [0.3, 0.4) is 0 Å². The number of carbonyl (C=O) groups excluding carboxylic acids is 3. The monoisotopic (exact) mass is 716 g/mol. The van der Waals surface area contributed by atoms with E-state index in [4.69, 9.17) is 14.6 Å². The quantitative estimate of drug-likeness (QED) is 0.362. The third kappa shape index (κ3) is 8.24. The molecule has 5 heterocycles. The Bertz CT molecular complexity index is 1630. The average Bonchev–Trinajstić information content (AvgIpc) is 3.32. The lowest BCUT2D eigenvalue weighted by molar-refractivity contribution is -0.142. The molecule has 3 fully saturated rings. The van der Waals surface area contributed by atoms with E-state index in [1.54, 1.807) is 4.90 Å².